The van der Waals surface area contributed by atoms with E-state index in [-0.39, 0.29) is 29.4 Å². The molecule has 0 unspecified atom stereocenters. The van der Waals surface area contributed by atoms with Crippen molar-refractivity contribution in [2.45, 2.75) is 65.0 Å². The molecule has 0 heterocycles. The summed E-state index contributed by atoms with van der Waals surface area (Å²) in [6.45, 7) is 5.42. The summed E-state index contributed by atoms with van der Waals surface area (Å²) in [5, 5.41) is 11.8. The Bertz CT molecular complexity index is 481. The van der Waals surface area contributed by atoms with E-state index in [4.69, 9.17) is 5.11 Å². The van der Waals surface area contributed by atoms with Gasteiger partial charge in [0, 0.05) is 12.6 Å². The number of hydrogen-bond donors (Lipinski definition) is 2. The van der Waals surface area contributed by atoms with Gasteiger partial charge in [-0.1, -0.05) is 39.2 Å². The summed E-state index contributed by atoms with van der Waals surface area (Å²) in [5.74, 6) is -0.925. The second-order valence-electron chi connectivity index (χ2n) is 7.00. The van der Waals surface area contributed by atoms with Gasteiger partial charge in [-0.25, -0.2) is 4.79 Å². The number of carbonyl (C=O) groups excluding carboxylic acids is 2. The topological polar surface area (TPSA) is 86.7 Å². The molecule has 6 heteroatoms. The van der Waals surface area contributed by atoms with Gasteiger partial charge in [0.05, 0.1) is 6.04 Å². The molecular formula is C18H30N2O4. The van der Waals surface area contributed by atoms with Gasteiger partial charge < -0.3 is 15.3 Å². The Morgan fingerprint density at radius 2 is 1.79 bits per heavy atom. The molecule has 0 aliphatic heterocycles. The van der Waals surface area contributed by atoms with Crippen molar-refractivity contribution >= 4 is 18.3 Å². The van der Waals surface area contributed by atoms with Gasteiger partial charge in [0.25, 0.3) is 0 Å². The minimum absolute atomic E-state index is 0.0662. The molecule has 1 rings (SSSR count). The molecule has 1 saturated carbocycles. The first-order valence-corrected chi connectivity index (χ1v) is 8.67. The smallest absolute Gasteiger partial charge is 0.331 e. The summed E-state index contributed by atoms with van der Waals surface area (Å²) in [6, 6.07) is -0.860. The van der Waals surface area contributed by atoms with Crippen LogP contribution in [-0.2, 0) is 14.4 Å². The highest BCUT2D eigenvalue weighted by Gasteiger charge is 2.33. The van der Waals surface area contributed by atoms with Crippen LogP contribution in [0.4, 0.5) is 0 Å². The van der Waals surface area contributed by atoms with Crippen LogP contribution < -0.4 is 5.32 Å². The number of carboxylic acids is 1. The molecule has 0 radical (unpaired) electrons. The molecule has 2 amide bonds. The van der Waals surface area contributed by atoms with Crippen molar-refractivity contribution < 1.29 is 19.5 Å². The van der Waals surface area contributed by atoms with E-state index in [0.29, 0.717) is 6.41 Å². The Labute approximate surface area is 144 Å². The summed E-state index contributed by atoms with van der Waals surface area (Å²) < 4.78 is 0. The lowest BCUT2D eigenvalue weighted by Crippen LogP contribution is -2.52. The SMILES string of the molecule is CC(=C[C@H](C(C)C)N(C)C(=O)[C@H](NC=O)C1CCCCC1)C(=O)O. The van der Waals surface area contributed by atoms with Crippen LogP contribution >= 0.6 is 0 Å². The molecule has 1 fully saturated rings. The largest absolute Gasteiger partial charge is 0.478 e. The quantitative estimate of drug-likeness (QED) is 0.525. The minimum atomic E-state index is -0.989. The van der Waals surface area contributed by atoms with E-state index < -0.39 is 12.0 Å². The Hall–Kier alpha value is -1.85. The number of nitrogens with one attached hydrogen (secondary N) is 1. The van der Waals surface area contributed by atoms with Crippen molar-refractivity contribution in [1.82, 2.24) is 10.2 Å². The fourth-order valence-electron chi connectivity index (χ4n) is 3.40. The predicted octanol–water partition coefficient (Wildman–Crippen LogP) is 2.20. The van der Waals surface area contributed by atoms with Crippen molar-refractivity contribution in [3.05, 3.63) is 11.6 Å². The van der Waals surface area contributed by atoms with E-state index in [1.54, 1.807) is 18.0 Å². The molecule has 6 nitrogen and oxygen atoms in total. The number of hydrogen-bond acceptors (Lipinski definition) is 3. The molecule has 1 aliphatic rings. The molecule has 1 aliphatic carbocycles. The van der Waals surface area contributed by atoms with Crippen LogP contribution in [0.2, 0.25) is 0 Å². The molecule has 2 atom stereocenters. The van der Waals surface area contributed by atoms with Crippen molar-refractivity contribution in [3.63, 3.8) is 0 Å². The minimum Gasteiger partial charge on any atom is -0.478 e. The number of amides is 2. The number of rotatable bonds is 8. The summed E-state index contributed by atoms with van der Waals surface area (Å²) in [6.07, 6.45) is 7.39. The van der Waals surface area contributed by atoms with Gasteiger partial charge in [-0.2, -0.15) is 0 Å². The lowest BCUT2D eigenvalue weighted by Gasteiger charge is -2.36. The highest BCUT2D eigenvalue weighted by molar-refractivity contribution is 5.87. The number of likely N-dealkylation sites (N-methyl/N-ethyl adjacent to an activating group) is 1. The van der Waals surface area contributed by atoms with Crippen molar-refractivity contribution in [1.29, 1.82) is 0 Å². The number of aliphatic carboxylic acids is 1. The van der Waals surface area contributed by atoms with E-state index in [2.05, 4.69) is 5.32 Å². The van der Waals surface area contributed by atoms with Crippen molar-refractivity contribution in [3.8, 4) is 0 Å². The average molecular weight is 338 g/mol. The monoisotopic (exact) mass is 338 g/mol. The maximum absolute atomic E-state index is 13.0. The lowest BCUT2D eigenvalue weighted by molar-refractivity contribution is -0.137. The molecule has 0 aromatic rings. The fourth-order valence-corrected chi connectivity index (χ4v) is 3.40. The average Bonchev–Trinajstić information content (AvgIpc) is 2.56. The van der Waals surface area contributed by atoms with Crippen molar-refractivity contribution in [2.75, 3.05) is 7.05 Å². The van der Waals surface area contributed by atoms with Gasteiger partial charge in [-0.15, -0.1) is 0 Å². The highest BCUT2D eigenvalue weighted by atomic mass is 16.4. The molecule has 0 aromatic heterocycles. The zero-order chi connectivity index (χ0) is 18.3. The Morgan fingerprint density at radius 3 is 2.25 bits per heavy atom. The number of carboxylic acid groups (broad SMARTS) is 1. The molecular weight excluding hydrogens is 308 g/mol. The van der Waals surface area contributed by atoms with E-state index in [9.17, 15) is 14.4 Å². The van der Waals surface area contributed by atoms with Gasteiger partial charge in [-0.3, -0.25) is 9.59 Å². The maximum atomic E-state index is 13.0. The summed E-state index contributed by atoms with van der Waals surface area (Å²) in [5.41, 5.74) is 0.214. The van der Waals surface area contributed by atoms with Gasteiger partial charge >= 0.3 is 5.97 Å². The maximum Gasteiger partial charge on any atom is 0.331 e. The van der Waals surface area contributed by atoms with Crippen LogP contribution in [-0.4, -0.2) is 47.4 Å². The normalized spacial score (nSPS) is 18.8. The second-order valence-corrected chi connectivity index (χ2v) is 7.00. The summed E-state index contributed by atoms with van der Waals surface area (Å²) in [4.78, 5) is 36.6. The van der Waals surface area contributed by atoms with Gasteiger partial charge in [0.1, 0.15) is 6.04 Å². The van der Waals surface area contributed by atoms with Crippen LogP contribution in [0.25, 0.3) is 0 Å². The third-order valence-electron chi connectivity index (χ3n) is 4.87. The Morgan fingerprint density at radius 1 is 1.21 bits per heavy atom. The lowest BCUT2D eigenvalue weighted by atomic mass is 9.83. The van der Waals surface area contributed by atoms with E-state index in [1.807, 2.05) is 13.8 Å². The summed E-state index contributed by atoms with van der Waals surface area (Å²) in [7, 11) is 1.68. The standard InChI is InChI=1S/C18H30N2O4/c1-12(2)15(10-13(3)18(23)24)20(4)17(22)16(19-11-21)14-8-6-5-7-9-14/h10-12,14-16H,5-9H2,1-4H3,(H,19,21)(H,23,24)/t15-,16-/m1/s1. The molecule has 0 spiro atoms. The van der Waals surface area contributed by atoms with Crippen LogP contribution in [0.5, 0.6) is 0 Å². The van der Waals surface area contributed by atoms with Crippen molar-refractivity contribution in [2.24, 2.45) is 11.8 Å². The molecule has 136 valence electrons. The highest BCUT2D eigenvalue weighted by Crippen LogP contribution is 2.28. The van der Waals surface area contributed by atoms with Gasteiger partial charge in [-0.05, 0) is 31.6 Å². The van der Waals surface area contributed by atoms with Crippen LogP contribution in [0.15, 0.2) is 11.6 Å². The molecule has 0 aromatic carbocycles. The fraction of sp³-hybridized carbons (Fsp3) is 0.722. The first-order valence-electron chi connectivity index (χ1n) is 8.67. The Balaban J connectivity index is 2.98. The first-order chi connectivity index (χ1) is 11.3. The van der Waals surface area contributed by atoms with Gasteiger partial charge in [0.15, 0.2) is 0 Å². The zero-order valence-electron chi connectivity index (χ0n) is 15.1. The van der Waals surface area contributed by atoms with E-state index >= 15 is 0 Å². The number of carbonyl (C=O) groups is 3. The number of nitrogens with zero attached hydrogens (tertiary/aromatic N) is 1. The molecule has 2 N–H and O–H groups in total. The summed E-state index contributed by atoms with van der Waals surface area (Å²) >= 11 is 0. The van der Waals surface area contributed by atoms with E-state index in [1.165, 1.54) is 13.3 Å². The molecule has 24 heavy (non-hydrogen) atoms. The zero-order valence-corrected chi connectivity index (χ0v) is 15.1. The van der Waals surface area contributed by atoms with Crippen LogP contribution in [0.1, 0.15) is 52.9 Å². The van der Waals surface area contributed by atoms with Crippen LogP contribution in [0, 0.1) is 11.8 Å². The second kappa shape index (κ2) is 9.45. The van der Waals surface area contributed by atoms with Crippen LogP contribution in [0.3, 0.4) is 0 Å². The first kappa shape index (κ1) is 20.2. The van der Waals surface area contributed by atoms with E-state index in [0.717, 1.165) is 25.7 Å². The Kier molecular flexibility index (Phi) is 7.95. The van der Waals surface area contributed by atoms with Gasteiger partial charge in [0.2, 0.25) is 12.3 Å². The molecule has 0 bridgehead atoms. The third-order valence-corrected chi connectivity index (χ3v) is 4.87. The predicted molar refractivity (Wildman–Crippen MR) is 92.4 cm³/mol. The molecule has 0 saturated heterocycles. The third kappa shape index (κ3) is 5.35.